The smallest absolute Gasteiger partial charge is 0.240 e. The molecule has 0 saturated carbocycles. The van der Waals surface area contributed by atoms with Crippen molar-refractivity contribution in [2.45, 2.75) is 0 Å². The van der Waals surface area contributed by atoms with Gasteiger partial charge in [0.2, 0.25) is 6.08 Å². The van der Waals surface area contributed by atoms with E-state index >= 15 is 0 Å². The van der Waals surface area contributed by atoms with Gasteiger partial charge in [-0.25, -0.2) is 9.18 Å². The van der Waals surface area contributed by atoms with Crippen LogP contribution in [-0.2, 0) is 4.79 Å². The molecule has 0 aromatic heterocycles. The van der Waals surface area contributed by atoms with Crippen molar-refractivity contribution in [2.75, 3.05) is 0 Å². The second kappa shape index (κ2) is 2.94. The molecule has 1 aromatic rings. The van der Waals surface area contributed by atoms with Crippen molar-refractivity contribution in [3.8, 4) is 5.75 Å². The van der Waals surface area contributed by atoms with E-state index in [0.717, 1.165) is 0 Å². The largest absolute Gasteiger partial charge is 0.505 e. The molecule has 0 aliphatic carbocycles. The number of hydrogen-bond acceptors (Lipinski definition) is 3. The number of hydrogen-bond donors (Lipinski definition) is 1. The van der Waals surface area contributed by atoms with Crippen molar-refractivity contribution in [3.63, 3.8) is 0 Å². The van der Waals surface area contributed by atoms with E-state index in [-0.39, 0.29) is 5.69 Å². The van der Waals surface area contributed by atoms with Crippen molar-refractivity contribution in [1.82, 2.24) is 0 Å². The van der Waals surface area contributed by atoms with E-state index in [9.17, 15) is 9.18 Å². The molecule has 1 aromatic carbocycles. The van der Waals surface area contributed by atoms with Gasteiger partial charge in [-0.05, 0) is 12.1 Å². The SMILES string of the molecule is O=C=Nc1cccc(O)c1F. The number of isocyanates is 1. The fourth-order valence-corrected chi connectivity index (χ4v) is 0.643. The third-order valence-corrected chi connectivity index (χ3v) is 1.12. The van der Waals surface area contributed by atoms with E-state index in [1.165, 1.54) is 24.3 Å². The Hall–Kier alpha value is -1.67. The van der Waals surface area contributed by atoms with Crippen LogP contribution >= 0.6 is 0 Å². The first-order valence-electron chi connectivity index (χ1n) is 2.81. The fraction of sp³-hybridized carbons (Fsp3) is 0. The number of phenolic OH excluding ortho intramolecular Hbond substituents is 1. The van der Waals surface area contributed by atoms with Crippen molar-refractivity contribution < 1.29 is 14.3 Å². The fourth-order valence-electron chi connectivity index (χ4n) is 0.643. The van der Waals surface area contributed by atoms with E-state index in [2.05, 4.69) is 4.99 Å². The van der Waals surface area contributed by atoms with E-state index in [0.29, 0.717) is 0 Å². The van der Waals surface area contributed by atoms with Crippen molar-refractivity contribution >= 4 is 11.8 Å². The maximum Gasteiger partial charge on any atom is 0.240 e. The Morgan fingerprint density at radius 3 is 2.91 bits per heavy atom. The van der Waals surface area contributed by atoms with Crippen LogP contribution < -0.4 is 0 Å². The van der Waals surface area contributed by atoms with Gasteiger partial charge in [0.15, 0.2) is 11.6 Å². The number of aromatic hydroxyl groups is 1. The molecule has 11 heavy (non-hydrogen) atoms. The lowest BCUT2D eigenvalue weighted by Gasteiger charge is -1.94. The molecule has 4 heteroatoms. The molecule has 0 fully saturated rings. The Labute approximate surface area is 61.8 Å². The minimum Gasteiger partial charge on any atom is -0.505 e. The average molecular weight is 153 g/mol. The molecule has 1 rings (SSSR count). The number of aliphatic imine (C=N–C) groups is 1. The number of halogens is 1. The summed E-state index contributed by atoms with van der Waals surface area (Å²) in [5.41, 5.74) is -0.208. The molecule has 0 heterocycles. The molecule has 0 amide bonds. The zero-order valence-electron chi connectivity index (χ0n) is 5.41. The lowest BCUT2D eigenvalue weighted by Crippen LogP contribution is -1.75. The summed E-state index contributed by atoms with van der Waals surface area (Å²) in [6, 6.07) is 3.81. The normalized spacial score (nSPS) is 8.82. The van der Waals surface area contributed by atoms with Crippen LogP contribution in [0.3, 0.4) is 0 Å². The van der Waals surface area contributed by atoms with Crippen LogP contribution in [0.4, 0.5) is 10.1 Å². The lowest BCUT2D eigenvalue weighted by atomic mass is 10.3. The third kappa shape index (κ3) is 1.42. The van der Waals surface area contributed by atoms with E-state index < -0.39 is 11.6 Å². The first kappa shape index (κ1) is 7.44. The van der Waals surface area contributed by atoms with Gasteiger partial charge >= 0.3 is 0 Å². The Balaban J connectivity index is 3.26. The summed E-state index contributed by atoms with van der Waals surface area (Å²) in [6.07, 6.45) is 1.18. The number of carbonyl (C=O) groups excluding carboxylic acids is 1. The molecule has 0 aliphatic rings. The van der Waals surface area contributed by atoms with Crippen LogP contribution in [0.5, 0.6) is 5.75 Å². The first-order chi connectivity index (χ1) is 5.25. The molecule has 0 saturated heterocycles. The zero-order chi connectivity index (χ0) is 8.27. The molecular formula is C7H4FNO2. The molecule has 0 bridgehead atoms. The third-order valence-electron chi connectivity index (χ3n) is 1.12. The predicted molar refractivity (Wildman–Crippen MR) is 35.8 cm³/mol. The Kier molecular flexibility index (Phi) is 1.99. The monoisotopic (exact) mass is 153 g/mol. The number of rotatable bonds is 1. The minimum atomic E-state index is -0.907. The van der Waals surface area contributed by atoms with Crippen LogP contribution in [0.15, 0.2) is 23.2 Å². The van der Waals surface area contributed by atoms with Gasteiger partial charge < -0.3 is 5.11 Å². The molecule has 0 spiro atoms. The molecular weight excluding hydrogens is 149 g/mol. The van der Waals surface area contributed by atoms with Crippen molar-refractivity contribution in [3.05, 3.63) is 24.0 Å². The van der Waals surface area contributed by atoms with Gasteiger partial charge in [-0.15, -0.1) is 0 Å². The predicted octanol–water partition coefficient (Wildman–Crippen LogP) is 1.50. The molecule has 0 unspecified atom stereocenters. The van der Waals surface area contributed by atoms with Gasteiger partial charge in [0.25, 0.3) is 0 Å². The van der Waals surface area contributed by atoms with Gasteiger partial charge in [-0.3, -0.25) is 0 Å². The quantitative estimate of drug-likeness (QED) is 0.491. The second-order valence-corrected chi connectivity index (χ2v) is 1.81. The summed E-state index contributed by atoms with van der Waals surface area (Å²) in [7, 11) is 0. The van der Waals surface area contributed by atoms with Gasteiger partial charge in [0, 0.05) is 0 Å². The maximum atomic E-state index is 12.7. The van der Waals surface area contributed by atoms with E-state index in [4.69, 9.17) is 5.11 Å². The van der Waals surface area contributed by atoms with Crippen molar-refractivity contribution in [2.24, 2.45) is 4.99 Å². The maximum absolute atomic E-state index is 12.7. The summed E-state index contributed by atoms with van der Waals surface area (Å²) in [6.45, 7) is 0. The molecule has 0 radical (unpaired) electrons. The van der Waals surface area contributed by atoms with E-state index in [1.54, 1.807) is 0 Å². The first-order valence-corrected chi connectivity index (χ1v) is 2.81. The molecule has 0 aliphatic heterocycles. The highest BCUT2D eigenvalue weighted by Crippen LogP contribution is 2.24. The van der Waals surface area contributed by atoms with Crippen molar-refractivity contribution in [1.29, 1.82) is 0 Å². The molecule has 3 nitrogen and oxygen atoms in total. The highest BCUT2D eigenvalue weighted by molar-refractivity contribution is 5.52. The summed E-state index contributed by atoms with van der Waals surface area (Å²) >= 11 is 0. The highest BCUT2D eigenvalue weighted by atomic mass is 19.1. The molecule has 0 atom stereocenters. The highest BCUT2D eigenvalue weighted by Gasteiger charge is 2.04. The van der Waals surface area contributed by atoms with Crippen LogP contribution in [0.1, 0.15) is 0 Å². The standard InChI is InChI=1S/C7H4FNO2/c8-7-5(9-4-10)2-1-3-6(7)11/h1-3,11H. The summed E-state index contributed by atoms with van der Waals surface area (Å²) in [4.78, 5) is 12.7. The van der Waals surface area contributed by atoms with Gasteiger partial charge in [0.05, 0.1) is 0 Å². The number of nitrogens with zero attached hydrogens (tertiary/aromatic N) is 1. The van der Waals surface area contributed by atoms with Crippen LogP contribution in [0.2, 0.25) is 0 Å². The summed E-state index contributed by atoms with van der Waals surface area (Å²) < 4.78 is 12.7. The number of benzene rings is 1. The second-order valence-electron chi connectivity index (χ2n) is 1.81. The number of phenols is 1. The van der Waals surface area contributed by atoms with Crippen LogP contribution in [-0.4, -0.2) is 11.2 Å². The van der Waals surface area contributed by atoms with Crippen LogP contribution in [0, 0.1) is 5.82 Å². The van der Waals surface area contributed by atoms with Crippen LogP contribution in [0.25, 0.3) is 0 Å². The summed E-state index contributed by atoms with van der Waals surface area (Å²) in [5, 5.41) is 8.76. The van der Waals surface area contributed by atoms with Gasteiger partial charge in [0.1, 0.15) is 5.69 Å². The zero-order valence-corrected chi connectivity index (χ0v) is 5.41. The van der Waals surface area contributed by atoms with Gasteiger partial charge in [-0.2, -0.15) is 4.99 Å². The average Bonchev–Trinajstić information content (AvgIpc) is 1.99. The topological polar surface area (TPSA) is 49.7 Å². The molecule has 56 valence electrons. The Bertz CT molecular complexity index is 318. The van der Waals surface area contributed by atoms with E-state index in [1.807, 2.05) is 0 Å². The Morgan fingerprint density at radius 2 is 2.27 bits per heavy atom. The Morgan fingerprint density at radius 1 is 1.55 bits per heavy atom. The molecule has 1 N–H and O–H groups in total. The van der Waals surface area contributed by atoms with Gasteiger partial charge in [-0.1, -0.05) is 6.07 Å². The lowest BCUT2D eigenvalue weighted by molar-refractivity contribution is 0.433. The summed E-state index contributed by atoms with van der Waals surface area (Å²) in [5.74, 6) is -1.43. The minimum absolute atomic E-state index is 0.208.